The third-order valence-corrected chi connectivity index (χ3v) is 1.22. The maximum absolute atomic E-state index is 10.4. The highest BCUT2D eigenvalue weighted by atomic mass is 16.6. The Morgan fingerprint density at radius 2 is 2.42 bits per heavy atom. The highest BCUT2D eigenvalue weighted by Crippen LogP contribution is 2.06. The maximum Gasteiger partial charge on any atom is 0.303 e. The van der Waals surface area contributed by atoms with Crippen LogP contribution in [0.2, 0.25) is 0 Å². The summed E-state index contributed by atoms with van der Waals surface area (Å²) in [5.74, 6) is 0.323. The molecule has 0 saturated carbocycles. The molecule has 0 aliphatic rings. The molecule has 12 heavy (non-hydrogen) atoms. The maximum atomic E-state index is 10.4. The molecule has 0 radical (unpaired) electrons. The summed E-state index contributed by atoms with van der Waals surface area (Å²) in [4.78, 5) is 20.5. The van der Waals surface area contributed by atoms with Gasteiger partial charge in [0.25, 0.3) is 0 Å². The lowest BCUT2D eigenvalue weighted by Gasteiger charge is -1.96. The molecule has 1 aromatic heterocycles. The Kier molecular flexibility index (Phi) is 2.63. The molecule has 0 saturated heterocycles. The molecule has 4 nitrogen and oxygen atoms in total. The Bertz CT molecular complexity index is 287. The van der Waals surface area contributed by atoms with Crippen LogP contribution >= 0.6 is 0 Å². The normalized spacial score (nSPS) is 9.42. The molecule has 64 valence electrons. The largest absolute Gasteiger partial charge is 0.458 e. The fraction of sp³-hybridized carbons (Fsp3) is 0.250. The van der Waals surface area contributed by atoms with Crippen LogP contribution in [0, 0.1) is 0 Å². The van der Waals surface area contributed by atoms with Gasteiger partial charge in [0, 0.05) is 6.92 Å². The monoisotopic (exact) mass is 170 g/mol. The standard InChI is InChI=1S/C8H8O4/c1-6(10)11-5-8-3-2-7(4-9)12-8/h2-4H,5H2,1H3/i1+1,6+1. The zero-order valence-electron chi connectivity index (χ0n) is 6.57. The van der Waals surface area contributed by atoms with Gasteiger partial charge < -0.3 is 9.15 Å². The first-order valence-corrected chi connectivity index (χ1v) is 3.39. The molecule has 0 fully saturated rings. The van der Waals surface area contributed by atoms with Crippen molar-refractivity contribution in [3.8, 4) is 0 Å². The van der Waals surface area contributed by atoms with Crippen LogP contribution in [0.25, 0.3) is 0 Å². The molecule has 0 unspecified atom stereocenters. The van der Waals surface area contributed by atoms with E-state index >= 15 is 0 Å². The van der Waals surface area contributed by atoms with E-state index in [9.17, 15) is 9.59 Å². The highest BCUT2D eigenvalue weighted by molar-refractivity contribution is 5.70. The molecule has 1 heterocycles. The van der Waals surface area contributed by atoms with Gasteiger partial charge in [0.15, 0.2) is 12.0 Å². The van der Waals surface area contributed by atoms with Gasteiger partial charge in [-0.25, -0.2) is 0 Å². The Morgan fingerprint density at radius 3 is 2.92 bits per heavy atom. The van der Waals surface area contributed by atoms with Crippen LogP contribution < -0.4 is 0 Å². The summed E-state index contributed by atoms with van der Waals surface area (Å²) < 4.78 is 9.58. The summed E-state index contributed by atoms with van der Waals surface area (Å²) in [5.41, 5.74) is 0. The predicted molar refractivity (Wildman–Crippen MR) is 39.6 cm³/mol. The Morgan fingerprint density at radius 1 is 1.67 bits per heavy atom. The van der Waals surface area contributed by atoms with Gasteiger partial charge in [-0.1, -0.05) is 0 Å². The van der Waals surface area contributed by atoms with Gasteiger partial charge in [0.2, 0.25) is 0 Å². The summed E-state index contributed by atoms with van der Waals surface area (Å²) in [6.45, 7) is 1.38. The molecule has 0 spiro atoms. The molecule has 0 amide bonds. The average Bonchev–Trinajstić information content (AvgIpc) is 2.48. The second kappa shape index (κ2) is 3.71. The number of ether oxygens (including phenoxy) is 1. The molecule has 0 atom stereocenters. The van der Waals surface area contributed by atoms with Crippen LogP contribution in [0.15, 0.2) is 16.5 Å². The Labute approximate surface area is 69.1 Å². The number of aldehydes is 1. The second-order valence-corrected chi connectivity index (χ2v) is 2.20. The molecule has 4 heteroatoms. The van der Waals surface area contributed by atoms with E-state index in [1.54, 1.807) is 6.07 Å². The lowest BCUT2D eigenvalue weighted by atomic mass is 10.4. The minimum atomic E-state index is -0.376. The lowest BCUT2D eigenvalue weighted by Crippen LogP contribution is -1.97. The highest BCUT2D eigenvalue weighted by Gasteiger charge is 2.01. The van der Waals surface area contributed by atoms with Gasteiger partial charge in [0.1, 0.15) is 12.4 Å². The number of furan rings is 1. The topological polar surface area (TPSA) is 56.5 Å². The summed E-state index contributed by atoms with van der Waals surface area (Å²) in [6.07, 6.45) is 0.595. The van der Waals surface area contributed by atoms with E-state index in [1.165, 1.54) is 13.0 Å². The van der Waals surface area contributed by atoms with Gasteiger partial charge in [0.05, 0.1) is 0 Å². The first kappa shape index (κ1) is 8.52. The average molecular weight is 170 g/mol. The number of carbonyl (C=O) groups excluding carboxylic acids is 2. The van der Waals surface area contributed by atoms with Gasteiger partial charge in [-0.15, -0.1) is 0 Å². The fourth-order valence-electron chi connectivity index (χ4n) is 0.708. The van der Waals surface area contributed by atoms with Crippen molar-refractivity contribution in [1.29, 1.82) is 0 Å². The third-order valence-electron chi connectivity index (χ3n) is 1.22. The van der Waals surface area contributed by atoms with E-state index in [4.69, 9.17) is 4.42 Å². The lowest BCUT2D eigenvalue weighted by molar-refractivity contribution is -0.142. The summed E-state index contributed by atoms with van der Waals surface area (Å²) in [6, 6.07) is 3.11. The van der Waals surface area contributed by atoms with Crippen LogP contribution in [-0.2, 0) is 16.1 Å². The van der Waals surface area contributed by atoms with Crippen molar-refractivity contribution in [2.75, 3.05) is 0 Å². The first-order valence-electron chi connectivity index (χ1n) is 3.39. The van der Waals surface area contributed by atoms with E-state index in [0.717, 1.165) is 0 Å². The Balaban J connectivity index is 2.52. The van der Waals surface area contributed by atoms with Gasteiger partial charge in [-0.05, 0) is 12.1 Å². The van der Waals surface area contributed by atoms with Crippen LogP contribution in [-0.4, -0.2) is 12.3 Å². The SMILES string of the molecule is [13CH3][13C](=O)OCc1ccc(C=O)o1. The first-order chi connectivity index (χ1) is 5.72. The van der Waals surface area contributed by atoms with Crippen LogP contribution in [0.3, 0.4) is 0 Å². The number of hydrogen-bond acceptors (Lipinski definition) is 4. The molecule has 0 aliphatic heterocycles. The van der Waals surface area contributed by atoms with Crippen molar-refractivity contribution in [2.45, 2.75) is 13.5 Å². The van der Waals surface area contributed by atoms with Crippen LogP contribution in [0.1, 0.15) is 23.2 Å². The van der Waals surface area contributed by atoms with Crippen LogP contribution in [0.5, 0.6) is 0 Å². The van der Waals surface area contributed by atoms with Crippen molar-refractivity contribution in [3.05, 3.63) is 23.7 Å². The second-order valence-electron chi connectivity index (χ2n) is 2.20. The van der Waals surface area contributed by atoms with E-state index < -0.39 is 0 Å². The predicted octanol–water partition coefficient (Wildman–Crippen LogP) is 1.16. The van der Waals surface area contributed by atoms with Gasteiger partial charge >= 0.3 is 5.97 Å². The van der Waals surface area contributed by atoms with Crippen molar-refractivity contribution in [2.24, 2.45) is 0 Å². The van der Waals surface area contributed by atoms with Crippen molar-refractivity contribution >= 4 is 12.3 Å². The number of esters is 1. The smallest absolute Gasteiger partial charge is 0.303 e. The summed E-state index contributed by atoms with van der Waals surface area (Å²) in [7, 11) is 0. The molecule has 0 bridgehead atoms. The number of hydrogen-bond donors (Lipinski definition) is 0. The van der Waals surface area contributed by atoms with E-state index in [2.05, 4.69) is 4.74 Å². The minimum absolute atomic E-state index is 0.0726. The van der Waals surface area contributed by atoms with E-state index in [0.29, 0.717) is 12.0 Å². The van der Waals surface area contributed by atoms with Gasteiger partial charge in [-0.3, -0.25) is 9.59 Å². The van der Waals surface area contributed by atoms with E-state index in [1.807, 2.05) is 0 Å². The summed E-state index contributed by atoms with van der Waals surface area (Å²) >= 11 is 0. The van der Waals surface area contributed by atoms with Crippen molar-refractivity contribution in [3.63, 3.8) is 0 Å². The molecule has 0 aliphatic carbocycles. The molecular formula is C8H8O4. The summed E-state index contributed by atoms with van der Waals surface area (Å²) in [5, 5.41) is 0. The third kappa shape index (κ3) is 2.23. The van der Waals surface area contributed by atoms with Gasteiger partial charge in [-0.2, -0.15) is 0 Å². The quantitative estimate of drug-likeness (QED) is 0.388. The molecular weight excluding hydrogens is 162 g/mol. The Hall–Kier alpha value is -1.58. The van der Waals surface area contributed by atoms with Crippen molar-refractivity contribution in [1.82, 2.24) is 0 Å². The molecule has 0 N–H and O–H groups in total. The number of rotatable bonds is 3. The minimum Gasteiger partial charge on any atom is -0.458 e. The zero-order valence-corrected chi connectivity index (χ0v) is 6.57. The zero-order chi connectivity index (χ0) is 8.97. The van der Waals surface area contributed by atoms with E-state index in [-0.39, 0.29) is 18.3 Å². The van der Waals surface area contributed by atoms with Crippen molar-refractivity contribution < 1.29 is 18.7 Å². The molecule has 0 aromatic carbocycles. The van der Waals surface area contributed by atoms with Crippen LogP contribution in [0.4, 0.5) is 0 Å². The molecule has 1 aromatic rings. The molecule has 1 rings (SSSR count). The fourth-order valence-corrected chi connectivity index (χ4v) is 0.708. The number of carbonyl (C=O) groups is 2.